The van der Waals surface area contributed by atoms with Crippen LogP contribution in [0.5, 0.6) is 0 Å². The first kappa shape index (κ1) is 12.0. The second-order valence-electron chi connectivity index (χ2n) is 3.55. The van der Waals surface area contributed by atoms with Gasteiger partial charge in [0.25, 0.3) is 0 Å². The molecule has 0 bridgehead atoms. The van der Waals surface area contributed by atoms with Crippen molar-refractivity contribution in [2.75, 3.05) is 6.61 Å². The third-order valence-corrected chi connectivity index (χ3v) is 2.40. The Kier molecular flexibility index (Phi) is 3.23. The molecular formula is C13H11NO4. The topological polar surface area (TPSA) is 68.9 Å². The SMILES string of the molecule is C=Nc1ccc2cc(C(=O)OCC)c(=O)oc2c1. The van der Waals surface area contributed by atoms with Crippen LogP contribution in [0.1, 0.15) is 17.3 Å². The van der Waals surface area contributed by atoms with Crippen LogP contribution in [0, 0.1) is 0 Å². The Balaban J connectivity index is 2.59. The number of benzene rings is 1. The third kappa shape index (κ3) is 2.15. The number of hydrogen-bond acceptors (Lipinski definition) is 5. The highest BCUT2D eigenvalue weighted by Gasteiger charge is 2.14. The van der Waals surface area contributed by atoms with Gasteiger partial charge in [-0.05, 0) is 31.8 Å². The molecule has 0 atom stereocenters. The average molecular weight is 245 g/mol. The van der Waals surface area contributed by atoms with Gasteiger partial charge in [-0.3, -0.25) is 4.99 Å². The highest BCUT2D eigenvalue weighted by atomic mass is 16.5. The van der Waals surface area contributed by atoms with Crippen LogP contribution in [0.3, 0.4) is 0 Å². The summed E-state index contributed by atoms with van der Waals surface area (Å²) in [6.07, 6.45) is 0. The van der Waals surface area contributed by atoms with Crippen LogP contribution in [-0.4, -0.2) is 19.3 Å². The van der Waals surface area contributed by atoms with Gasteiger partial charge in [-0.2, -0.15) is 0 Å². The molecule has 1 aromatic heterocycles. The van der Waals surface area contributed by atoms with Crippen molar-refractivity contribution in [3.63, 3.8) is 0 Å². The van der Waals surface area contributed by atoms with E-state index < -0.39 is 11.6 Å². The molecule has 2 aromatic rings. The molecule has 0 spiro atoms. The Hall–Kier alpha value is -2.43. The minimum Gasteiger partial charge on any atom is -0.462 e. The summed E-state index contributed by atoms with van der Waals surface area (Å²) in [5, 5.41) is 0.630. The summed E-state index contributed by atoms with van der Waals surface area (Å²) in [7, 11) is 0. The lowest BCUT2D eigenvalue weighted by atomic mass is 10.1. The first-order chi connectivity index (χ1) is 8.65. The molecule has 0 fully saturated rings. The molecule has 0 aliphatic heterocycles. The van der Waals surface area contributed by atoms with Crippen LogP contribution in [0.15, 0.2) is 38.5 Å². The van der Waals surface area contributed by atoms with Gasteiger partial charge in [0, 0.05) is 11.5 Å². The predicted molar refractivity (Wildman–Crippen MR) is 67.6 cm³/mol. The smallest absolute Gasteiger partial charge is 0.351 e. The monoisotopic (exact) mass is 245 g/mol. The number of carbonyl (C=O) groups excluding carboxylic acids is 1. The zero-order chi connectivity index (χ0) is 13.1. The zero-order valence-electron chi connectivity index (χ0n) is 9.80. The van der Waals surface area contributed by atoms with E-state index in [0.717, 1.165) is 0 Å². The number of nitrogens with zero attached hydrogens (tertiary/aromatic N) is 1. The molecule has 18 heavy (non-hydrogen) atoms. The molecule has 5 nitrogen and oxygen atoms in total. The number of fused-ring (bicyclic) bond motifs is 1. The molecule has 2 rings (SSSR count). The van der Waals surface area contributed by atoms with Gasteiger partial charge in [-0.1, -0.05) is 0 Å². The van der Waals surface area contributed by atoms with E-state index in [1.54, 1.807) is 25.1 Å². The quantitative estimate of drug-likeness (QED) is 0.472. The molecule has 0 aliphatic carbocycles. The highest BCUT2D eigenvalue weighted by molar-refractivity contribution is 5.93. The number of ether oxygens (including phenoxy) is 1. The first-order valence-electron chi connectivity index (χ1n) is 5.37. The zero-order valence-corrected chi connectivity index (χ0v) is 9.80. The standard InChI is InChI=1S/C13H11NO4/c1-3-17-12(15)10-6-8-4-5-9(14-2)7-11(8)18-13(10)16/h4-7H,2-3H2,1H3. The summed E-state index contributed by atoms with van der Waals surface area (Å²) in [5.41, 5.74) is 0.123. The predicted octanol–water partition coefficient (Wildman–Crippen LogP) is 2.30. The minimum atomic E-state index is -0.720. The minimum absolute atomic E-state index is 0.108. The molecule has 1 aromatic carbocycles. The molecule has 92 valence electrons. The Labute approximate surface area is 103 Å². The second kappa shape index (κ2) is 4.83. The maximum absolute atomic E-state index is 11.6. The number of aliphatic imine (C=N–C) groups is 1. The first-order valence-corrected chi connectivity index (χ1v) is 5.37. The number of rotatable bonds is 3. The van der Waals surface area contributed by atoms with E-state index in [2.05, 4.69) is 11.7 Å². The van der Waals surface area contributed by atoms with Crippen molar-refractivity contribution in [3.05, 3.63) is 40.2 Å². The van der Waals surface area contributed by atoms with E-state index in [4.69, 9.17) is 9.15 Å². The van der Waals surface area contributed by atoms with Gasteiger partial charge in [0.2, 0.25) is 0 Å². The van der Waals surface area contributed by atoms with E-state index in [0.29, 0.717) is 16.7 Å². The highest BCUT2D eigenvalue weighted by Crippen LogP contribution is 2.20. The summed E-state index contributed by atoms with van der Waals surface area (Å²) < 4.78 is 9.83. The van der Waals surface area contributed by atoms with Crippen LogP contribution in [0.4, 0.5) is 5.69 Å². The lowest BCUT2D eigenvalue weighted by Crippen LogP contribution is -2.16. The van der Waals surface area contributed by atoms with Crippen molar-refractivity contribution in [2.45, 2.75) is 6.92 Å². The molecule has 0 saturated carbocycles. The normalized spacial score (nSPS) is 10.3. The second-order valence-corrected chi connectivity index (χ2v) is 3.55. The largest absolute Gasteiger partial charge is 0.462 e. The molecule has 5 heteroatoms. The Morgan fingerprint density at radius 2 is 2.22 bits per heavy atom. The molecule has 0 N–H and O–H groups in total. The lowest BCUT2D eigenvalue weighted by Gasteiger charge is -2.02. The van der Waals surface area contributed by atoms with Crippen molar-refractivity contribution < 1.29 is 13.9 Å². The van der Waals surface area contributed by atoms with Crippen LogP contribution >= 0.6 is 0 Å². The summed E-state index contributed by atoms with van der Waals surface area (Å²) in [4.78, 5) is 26.9. The Bertz CT molecular complexity index is 672. The Morgan fingerprint density at radius 3 is 2.89 bits per heavy atom. The van der Waals surface area contributed by atoms with Crippen molar-refractivity contribution in [3.8, 4) is 0 Å². The van der Waals surface area contributed by atoms with Gasteiger partial charge >= 0.3 is 11.6 Å². The van der Waals surface area contributed by atoms with Crippen LogP contribution < -0.4 is 5.63 Å². The molecule has 0 amide bonds. The Morgan fingerprint density at radius 1 is 1.44 bits per heavy atom. The van der Waals surface area contributed by atoms with Gasteiger partial charge < -0.3 is 9.15 Å². The van der Waals surface area contributed by atoms with Gasteiger partial charge in [0.15, 0.2) is 0 Å². The maximum atomic E-state index is 11.6. The van der Waals surface area contributed by atoms with Crippen LogP contribution in [0.2, 0.25) is 0 Å². The van der Waals surface area contributed by atoms with Crippen molar-refractivity contribution in [1.82, 2.24) is 0 Å². The van der Waals surface area contributed by atoms with Crippen LogP contribution in [0.25, 0.3) is 11.0 Å². The molecular weight excluding hydrogens is 234 g/mol. The molecule has 0 unspecified atom stereocenters. The summed E-state index contributed by atoms with van der Waals surface area (Å²) in [6.45, 7) is 5.26. The summed E-state index contributed by atoms with van der Waals surface area (Å²) in [6, 6.07) is 6.44. The molecule has 0 saturated heterocycles. The van der Waals surface area contributed by atoms with Gasteiger partial charge in [0.05, 0.1) is 12.3 Å². The summed E-state index contributed by atoms with van der Waals surface area (Å²) >= 11 is 0. The van der Waals surface area contributed by atoms with Gasteiger partial charge in [-0.25, -0.2) is 9.59 Å². The van der Waals surface area contributed by atoms with Gasteiger partial charge in [-0.15, -0.1) is 0 Å². The number of hydrogen-bond donors (Lipinski definition) is 0. The number of carbonyl (C=O) groups is 1. The van der Waals surface area contributed by atoms with Crippen LogP contribution in [-0.2, 0) is 4.74 Å². The van der Waals surface area contributed by atoms with E-state index in [1.165, 1.54) is 6.07 Å². The fourth-order valence-corrected chi connectivity index (χ4v) is 1.55. The lowest BCUT2D eigenvalue weighted by molar-refractivity contribution is 0.0522. The fourth-order valence-electron chi connectivity index (χ4n) is 1.55. The van der Waals surface area contributed by atoms with E-state index >= 15 is 0 Å². The summed E-state index contributed by atoms with van der Waals surface area (Å²) in [5.74, 6) is -0.681. The van der Waals surface area contributed by atoms with E-state index in [1.807, 2.05) is 0 Å². The maximum Gasteiger partial charge on any atom is 0.351 e. The average Bonchev–Trinajstić information content (AvgIpc) is 2.37. The third-order valence-electron chi connectivity index (χ3n) is 2.40. The molecule has 1 heterocycles. The van der Waals surface area contributed by atoms with Crippen molar-refractivity contribution in [2.24, 2.45) is 4.99 Å². The fraction of sp³-hybridized carbons (Fsp3) is 0.154. The van der Waals surface area contributed by atoms with Crippen molar-refractivity contribution >= 4 is 29.3 Å². The van der Waals surface area contributed by atoms with E-state index in [-0.39, 0.29) is 12.2 Å². The van der Waals surface area contributed by atoms with Crippen molar-refractivity contribution in [1.29, 1.82) is 0 Å². The number of esters is 1. The molecule has 0 aliphatic rings. The van der Waals surface area contributed by atoms with Gasteiger partial charge in [0.1, 0.15) is 11.1 Å². The van der Waals surface area contributed by atoms with E-state index in [9.17, 15) is 9.59 Å². The molecule has 0 radical (unpaired) electrons.